The number of anilines is 1. The van der Waals surface area contributed by atoms with E-state index in [1.165, 1.54) is 25.1 Å². The van der Waals surface area contributed by atoms with Crippen LogP contribution in [0.4, 0.5) is 23.2 Å². The summed E-state index contributed by atoms with van der Waals surface area (Å²) in [4.78, 5) is 24.8. The number of amides is 1. The fraction of sp³-hybridized carbons (Fsp3) is 0.222. The van der Waals surface area contributed by atoms with E-state index in [2.05, 4.69) is 4.74 Å². The van der Waals surface area contributed by atoms with Gasteiger partial charge < -0.3 is 15.4 Å². The normalized spacial score (nSPS) is 13.3. The molecule has 11 heteroatoms. The molecule has 2 aromatic rings. The van der Waals surface area contributed by atoms with Crippen molar-refractivity contribution in [1.82, 2.24) is 5.32 Å². The molecule has 2 rings (SSSR count). The number of nitrogens with one attached hydrogen (secondary N) is 2. The van der Waals surface area contributed by atoms with Crippen molar-refractivity contribution in [2.24, 2.45) is 0 Å². The van der Waals surface area contributed by atoms with Crippen LogP contribution in [0.25, 0.3) is 0 Å². The van der Waals surface area contributed by atoms with Crippen LogP contribution in [0.15, 0.2) is 42.5 Å². The second-order valence-corrected chi connectivity index (χ2v) is 6.53. The van der Waals surface area contributed by atoms with E-state index in [1.54, 1.807) is 5.32 Å². The first-order chi connectivity index (χ1) is 13.5. The van der Waals surface area contributed by atoms with Gasteiger partial charge in [0.2, 0.25) is 0 Å². The Hall–Kier alpha value is -2.52. The number of rotatable bonds is 6. The van der Waals surface area contributed by atoms with Gasteiger partial charge in [0.05, 0.1) is 11.6 Å². The zero-order chi connectivity index (χ0) is 21.8. The van der Waals surface area contributed by atoms with E-state index in [4.69, 9.17) is 23.2 Å². The first kappa shape index (κ1) is 22.8. The highest BCUT2D eigenvalue weighted by Gasteiger charge is 2.63. The minimum atomic E-state index is -5.35. The minimum absolute atomic E-state index is 0.102. The fourth-order valence-electron chi connectivity index (χ4n) is 2.29. The van der Waals surface area contributed by atoms with Gasteiger partial charge in [0, 0.05) is 16.3 Å². The van der Waals surface area contributed by atoms with E-state index >= 15 is 0 Å². The van der Waals surface area contributed by atoms with E-state index in [0.29, 0.717) is 0 Å². The topological polar surface area (TPSA) is 67.4 Å². The predicted octanol–water partition coefficient (Wildman–Crippen LogP) is 4.80. The minimum Gasteiger partial charge on any atom is -0.463 e. The van der Waals surface area contributed by atoms with Gasteiger partial charge in [-0.05, 0) is 43.3 Å². The van der Waals surface area contributed by atoms with Gasteiger partial charge in [-0.25, -0.2) is 9.18 Å². The number of carbonyl (C=O) groups is 2. The zero-order valence-electron chi connectivity index (χ0n) is 14.7. The number of alkyl halides is 3. The summed E-state index contributed by atoms with van der Waals surface area (Å²) in [6.45, 7) is 0.905. The molecule has 0 aliphatic carbocycles. The number of benzene rings is 2. The van der Waals surface area contributed by atoms with Crippen LogP contribution in [0, 0.1) is 5.82 Å². The van der Waals surface area contributed by atoms with Crippen LogP contribution in [-0.4, -0.2) is 30.3 Å². The molecule has 0 aliphatic heterocycles. The SMILES string of the molecule is CCOC(=O)C(NC(=O)c1cccc(Cl)c1)(Nc1ccc(F)c(Cl)c1)C(F)(F)F. The molecular formula is C18H14Cl2F4N2O3. The van der Waals surface area contributed by atoms with Crippen molar-refractivity contribution in [1.29, 1.82) is 0 Å². The second-order valence-electron chi connectivity index (χ2n) is 5.69. The summed E-state index contributed by atoms with van der Waals surface area (Å²) in [6, 6.07) is 7.66. The highest BCUT2D eigenvalue weighted by molar-refractivity contribution is 6.31. The van der Waals surface area contributed by atoms with E-state index < -0.39 is 41.2 Å². The maximum Gasteiger partial charge on any atom is 0.441 e. The van der Waals surface area contributed by atoms with E-state index in [-0.39, 0.29) is 16.3 Å². The number of esters is 1. The van der Waals surface area contributed by atoms with Crippen LogP contribution in [-0.2, 0) is 9.53 Å². The lowest BCUT2D eigenvalue weighted by molar-refractivity contribution is -0.204. The van der Waals surface area contributed by atoms with E-state index in [9.17, 15) is 27.2 Å². The number of carbonyl (C=O) groups excluding carboxylic acids is 2. The Balaban J connectivity index is 2.54. The van der Waals surface area contributed by atoms with Gasteiger partial charge in [0.15, 0.2) is 0 Å². The van der Waals surface area contributed by atoms with Gasteiger partial charge in [-0.15, -0.1) is 0 Å². The maximum atomic E-state index is 14.1. The number of halogens is 6. The van der Waals surface area contributed by atoms with Crippen molar-refractivity contribution in [3.05, 3.63) is 63.9 Å². The third-order valence-electron chi connectivity index (χ3n) is 3.65. The summed E-state index contributed by atoms with van der Waals surface area (Å²) in [5, 5.41) is 3.13. The highest BCUT2D eigenvalue weighted by Crippen LogP contribution is 2.34. The van der Waals surface area contributed by atoms with Gasteiger partial charge >= 0.3 is 17.8 Å². The molecule has 5 nitrogen and oxygen atoms in total. The van der Waals surface area contributed by atoms with Crippen molar-refractivity contribution >= 4 is 40.8 Å². The van der Waals surface area contributed by atoms with Gasteiger partial charge in [0.1, 0.15) is 5.82 Å². The van der Waals surface area contributed by atoms with Gasteiger partial charge in [0.25, 0.3) is 5.91 Å². The standard InChI is InChI=1S/C18H14Cl2F4N2O3/c1-2-29-16(28)17(18(22,23)24,25-12-6-7-14(21)13(20)9-12)26-15(27)10-4-3-5-11(19)8-10/h3-9,25H,2H2,1H3,(H,26,27). The number of ether oxygens (including phenoxy) is 1. The predicted molar refractivity (Wildman–Crippen MR) is 99.4 cm³/mol. The molecule has 0 bridgehead atoms. The first-order valence-corrected chi connectivity index (χ1v) is 8.81. The van der Waals surface area contributed by atoms with Crippen LogP contribution < -0.4 is 10.6 Å². The summed E-state index contributed by atoms with van der Waals surface area (Å²) in [7, 11) is 0. The Morgan fingerprint density at radius 2 is 1.79 bits per heavy atom. The molecule has 0 aliphatic rings. The smallest absolute Gasteiger partial charge is 0.441 e. The van der Waals surface area contributed by atoms with E-state index in [1.807, 2.05) is 5.32 Å². The molecule has 1 amide bonds. The Morgan fingerprint density at radius 3 is 2.34 bits per heavy atom. The van der Waals surface area contributed by atoms with Crippen molar-refractivity contribution in [2.45, 2.75) is 18.8 Å². The Kier molecular flexibility index (Phi) is 6.97. The Morgan fingerprint density at radius 1 is 1.10 bits per heavy atom. The third kappa shape index (κ3) is 5.10. The lowest BCUT2D eigenvalue weighted by Gasteiger charge is -2.35. The van der Waals surface area contributed by atoms with Crippen molar-refractivity contribution in [2.75, 3.05) is 11.9 Å². The number of hydrogen-bond donors (Lipinski definition) is 2. The summed E-state index contributed by atoms with van der Waals surface area (Å²) in [5.41, 5.74) is -4.29. The second kappa shape index (κ2) is 8.87. The summed E-state index contributed by atoms with van der Waals surface area (Å²) >= 11 is 11.4. The molecule has 156 valence electrons. The quantitative estimate of drug-likeness (QED) is 0.375. The lowest BCUT2D eigenvalue weighted by Crippen LogP contribution is -2.69. The molecule has 2 aromatic carbocycles. The molecule has 0 spiro atoms. The van der Waals surface area contributed by atoms with Crippen molar-refractivity contribution in [3.8, 4) is 0 Å². The summed E-state index contributed by atoms with van der Waals surface area (Å²) in [5.74, 6) is -3.95. The molecule has 0 aromatic heterocycles. The third-order valence-corrected chi connectivity index (χ3v) is 4.17. The maximum absolute atomic E-state index is 14.1. The van der Waals surface area contributed by atoms with Crippen LogP contribution in [0.5, 0.6) is 0 Å². The van der Waals surface area contributed by atoms with E-state index in [0.717, 1.165) is 24.3 Å². The van der Waals surface area contributed by atoms with Crippen molar-refractivity contribution in [3.63, 3.8) is 0 Å². The zero-order valence-corrected chi connectivity index (χ0v) is 16.3. The highest BCUT2D eigenvalue weighted by atomic mass is 35.5. The van der Waals surface area contributed by atoms with Gasteiger partial charge in [-0.3, -0.25) is 4.79 Å². The average Bonchev–Trinajstić information content (AvgIpc) is 2.63. The van der Waals surface area contributed by atoms with Crippen molar-refractivity contribution < 1.29 is 31.9 Å². The molecule has 0 radical (unpaired) electrons. The molecular weight excluding hydrogens is 439 g/mol. The van der Waals surface area contributed by atoms with Gasteiger partial charge in [-0.2, -0.15) is 13.2 Å². The van der Waals surface area contributed by atoms with Crippen LogP contribution in [0.2, 0.25) is 10.0 Å². The molecule has 0 fully saturated rings. The lowest BCUT2D eigenvalue weighted by atomic mass is 10.1. The summed E-state index contributed by atoms with van der Waals surface area (Å²) in [6.07, 6.45) is -5.35. The average molecular weight is 453 g/mol. The molecule has 1 atom stereocenters. The van der Waals surface area contributed by atoms with Gasteiger partial charge in [-0.1, -0.05) is 29.3 Å². The molecule has 29 heavy (non-hydrogen) atoms. The Labute approximate surface area is 172 Å². The molecule has 0 saturated carbocycles. The summed E-state index contributed by atoms with van der Waals surface area (Å²) < 4.78 is 60.1. The van der Waals surface area contributed by atoms with Crippen LogP contribution in [0.1, 0.15) is 17.3 Å². The first-order valence-electron chi connectivity index (χ1n) is 8.05. The Bertz CT molecular complexity index is 924. The molecule has 1 unspecified atom stereocenters. The van der Waals surface area contributed by atoms with Crippen LogP contribution in [0.3, 0.4) is 0 Å². The molecule has 0 saturated heterocycles. The fourth-order valence-corrected chi connectivity index (χ4v) is 2.66. The molecule has 2 N–H and O–H groups in total. The largest absolute Gasteiger partial charge is 0.463 e. The van der Waals surface area contributed by atoms with Crippen LogP contribution >= 0.6 is 23.2 Å². The number of hydrogen-bond acceptors (Lipinski definition) is 4. The molecule has 0 heterocycles. The monoisotopic (exact) mass is 452 g/mol.